The molecule has 1 amide bonds. The summed E-state index contributed by atoms with van der Waals surface area (Å²) in [7, 11) is 1.62. The van der Waals surface area contributed by atoms with Crippen LogP contribution in [-0.2, 0) is 11.2 Å². The minimum absolute atomic E-state index is 0.151. The predicted molar refractivity (Wildman–Crippen MR) is 86.6 cm³/mol. The zero-order chi connectivity index (χ0) is 15.1. The van der Waals surface area contributed by atoms with E-state index in [1.165, 1.54) is 0 Å². The van der Waals surface area contributed by atoms with E-state index in [-0.39, 0.29) is 5.91 Å². The number of carbonyl (C=O) groups is 1. The number of nitrogens with zero attached hydrogens (tertiary/aromatic N) is 1. The molecule has 0 unspecified atom stereocenters. The molecule has 2 aromatic rings. The maximum Gasteiger partial charge on any atom is 0.244 e. The Morgan fingerprint density at radius 2 is 1.86 bits per heavy atom. The molecule has 0 atom stereocenters. The quantitative estimate of drug-likeness (QED) is 0.667. The van der Waals surface area contributed by atoms with Crippen molar-refractivity contribution < 1.29 is 9.53 Å². The molecule has 108 valence electrons. The molecule has 0 heterocycles. The number of nitrogens with one attached hydrogen (secondary N) is 1. The van der Waals surface area contributed by atoms with Crippen molar-refractivity contribution in [2.24, 2.45) is 5.10 Å². The molecule has 4 nitrogen and oxygen atoms in total. The molecule has 0 aliphatic heterocycles. The Labute approximate surface area is 132 Å². The lowest BCUT2D eigenvalue weighted by Gasteiger charge is -2.01. The summed E-state index contributed by atoms with van der Waals surface area (Å²) in [6, 6.07) is 15.0. The average molecular weight is 347 g/mol. The lowest BCUT2D eigenvalue weighted by atomic mass is 10.1. The SMILES string of the molecule is COc1ccc(C=NNC(=O)Cc2ccc(Br)cc2)cc1. The van der Waals surface area contributed by atoms with Crippen molar-refractivity contribution >= 4 is 28.1 Å². The molecule has 21 heavy (non-hydrogen) atoms. The monoisotopic (exact) mass is 346 g/mol. The Morgan fingerprint density at radius 1 is 1.19 bits per heavy atom. The van der Waals surface area contributed by atoms with Gasteiger partial charge in [0.05, 0.1) is 19.7 Å². The molecule has 1 N–H and O–H groups in total. The summed E-state index contributed by atoms with van der Waals surface area (Å²) in [6.45, 7) is 0. The smallest absolute Gasteiger partial charge is 0.244 e. The summed E-state index contributed by atoms with van der Waals surface area (Å²) >= 11 is 3.36. The molecule has 0 saturated carbocycles. The lowest BCUT2D eigenvalue weighted by molar-refractivity contribution is -0.120. The van der Waals surface area contributed by atoms with E-state index >= 15 is 0 Å². The van der Waals surface area contributed by atoms with Gasteiger partial charge in [0.1, 0.15) is 5.75 Å². The van der Waals surface area contributed by atoms with E-state index in [2.05, 4.69) is 26.5 Å². The van der Waals surface area contributed by atoms with Gasteiger partial charge in [-0.3, -0.25) is 4.79 Å². The van der Waals surface area contributed by atoms with Gasteiger partial charge in [0.2, 0.25) is 5.91 Å². The maximum atomic E-state index is 11.7. The summed E-state index contributed by atoms with van der Waals surface area (Å²) in [5, 5.41) is 3.94. The van der Waals surface area contributed by atoms with E-state index in [1.54, 1.807) is 13.3 Å². The predicted octanol–water partition coefficient (Wildman–Crippen LogP) is 3.15. The van der Waals surface area contributed by atoms with Crippen LogP contribution in [0.5, 0.6) is 5.75 Å². The fraction of sp³-hybridized carbons (Fsp3) is 0.125. The Bertz CT molecular complexity index is 622. The highest BCUT2D eigenvalue weighted by Gasteiger charge is 2.01. The summed E-state index contributed by atoms with van der Waals surface area (Å²) in [5.74, 6) is 0.633. The molecule has 2 aromatic carbocycles. The number of halogens is 1. The van der Waals surface area contributed by atoms with E-state index in [9.17, 15) is 4.79 Å². The van der Waals surface area contributed by atoms with Crippen LogP contribution in [-0.4, -0.2) is 19.2 Å². The largest absolute Gasteiger partial charge is 0.497 e. The number of hydrazone groups is 1. The molecule has 0 aliphatic carbocycles. The second-order valence-corrected chi connectivity index (χ2v) is 5.29. The van der Waals surface area contributed by atoms with Crippen molar-refractivity contribution in [1.82, 2.24) is 5.43 Å². The van der Waals surface area contributed by atoms with Gasteiger partial charge in [-0.2, -0.15) is 5.10 Å². The van der Waals surface area contributed by atoms with Crippen LogP contribution in [0.3, 0.4) is 0 Å². The van der Waals surface area contributed by atoms with E-state index in [4.69, 9.17) is 4.74 Å². The Hall–Kier alpha value is -2.14. The number of ether oxygens (including phenoxy) is 1. The first-order valence-corrected chi connectivity index (χ1v) is 7.17. The third kappa shape index (κ3) is 5.04. The number of amides is 1. The molecule has 5 heteroatoms. The third-order valence-corrected chi connectivity index (χ3v) is 3.33. The zero-order valence-corrected chi connectivity index (χ0v) is 13.1. The number of benzene rings is 2. The van der Waals surface area contributed by atoms with E-state index in [1.807, 2.05) is 48.5 Å². The van der Waals surface area contributed by atoms with Crippen LogP contribution in [0.1, 0.15) is 11.1 Å². The Morgan fingerprint density at radius 3 is 2.48 bits per heavy atom. The Balaban J connectivity index is 1.85. The molecule has 0 aromatic heterocycles. The molecular formula is C16H15BrN2O2. The molecule has 0 spiro atoms. The maximum absolute atomic E-state index is 11.7. The van der Waals surface area contributed by atoms with Crippen molar-refractivity contribution in [3.05, 3.63) is 64.1 Å². The molecule has 0 fully saturated rings. The zero-order valence-electron chi connectivity index (χ0n) is 11.5. The third-order valence-electron chi connectivity index (χ3n) is 2.80. The summed E-state index contributed by atoms with van der Waals surface area (Å²) in [5.41, 5.74) is 4.34. The second-order valence-electron chi connectivity index (χ2n) is 4.37. The van der Waals surface area contributed by atoms with Crippen molar-refractivity contribution in [3.8, 4) is 5.75 Å². The van der Waals surface area contributed by atoms with Crippen molar-refractivity contribution in [1.29, 1.82) is 0 Å². The lowest BCUT2D eigenvalue weighted by Crippen LogP contribution is -2.19. The van der Waals surface area contributed by atoms with Gasteiger partial charge in [-0.05, 0) is 47.5 Å². The molecule has 0 bridgehead atoms. The topological polar surface area (TPSA) is 50.7 Å². The van der Waals surface area contributed by atoms with Gasteiger partial charge >= 0.3 is 0 Å². The van der Waals surface area contributed by atoms with Crippen LogP contribution in [0.15, 0.2) is 58.1 Å². The number of hydrogen-bond donors (Lipinski definition) is 1. The number of rotatable bonds is 5. The molecule has 0 radical (unpaired) electrons. The first-order chi connectivity index (χ1) is 10.2. The van der Waals surface area contributed by atoms with Crippen LogP contribution in [0, 0.1) is 0 Å². The number of hydrogen-bond acceptors (Lipinski definition) is 3. The highest BCUT2D eigenvalue weighted by Crippen LogP contribution is 2.11. The van der Waals surface area contributed by atoms with Crippen LogP contribution in [0.25, 0.3) is 0 Å². The Kier molecular flexibility index (Phi) is 5.51. The second kappa shape index (κ2) is 7.59. The van der Waals surface area contributed by atoms with Gasteiger partial charge in [0, 0.05) is 4.47 Å². The van der Waals surface area contributed by atoms with E-state index in [0.29, 0.717) is 6.42 Å². The minimum atomic E-state index is -0.151. The van der Waals surface area contributed by atoms with Gasteiger partial charge in [-0.1, -0.05) is 28.1 Å². The molecule has 2 rings (SSSR count). The van der Waals surface area contributed by atoms with Crippen LogP contribution >= 0.6 is 15.9 Å². The van der Waals surface area contributed by atoms with Crippen LogP contribution in [0.4, 0.5) is 0 Å². The first kappa shape index (κ1) is 15.3. The van der Waals surface area contributed by atoms with Gasteiger partial charge in [0.25, 0.3) is 0 Å². The molecular weight excluding hydrogens is 332 g/mol. The van der Waals surface area contributed by atoms with Gasteiger partial charge in [-0.25, -0.2) is 5.43 Å². The highest BCUT2D eigenvalue weighted by molar-refractivity contribution is 9.10. The van der Waals surface area contributed by atoms with Crippen LogP contribution < -0.4 is 10.2 Å². The van der Waals surface area contributed by atoms with Gasteiger partial charge in [-0.15, -0.1) is 0 Å². The van der Waals surface area contributed by atoms with Gasteiger partial charge in [0.15, 0.2) is 0 Å². The summed E-state index contributed by atoms with van der Waals surface area (Å²) in [4.78, 5) is 11.7. The number of methoxy groups -OCH3 is 1. The van der Waals surface area contributed by atoms with Gasteiger partial charge < -0.3 is 4.74 Å². The summed E-state index contributed by atoms with van der Waals surface area (Å²) in [6.07, 6.45) is 1.89. The summed E-state index contributed by atoms with van der Waals surface area (Å²) < 4.78 is 6.06. The van der Waals surface area contributed by atoms with E-state index in [0.717, 1.165) is 21.3 Å². The normalized spacial score (nSPS) is 10.6. The van der Waals surface area contributed by atoms with Crippen molar-refractivity contribution in [2.45, 2.75) is 6.42 Å². The minimum Gasteiger partial charge on any atom is -0.497 e. The number of carbonyl (C=O) groups excluding carboxylic acids is 1. The molecule has 0 aliphatic rings. The first-order valence-electron chi connectivity index (χ1n) is 6.38. The standard InChI is InChI=1S/C16H15BrN2O2/c1-21-15-8-4-13(5-9-15)11-18-19-16(20)10-12-2-6-14(17)7-3-12/h2-9,11H,10H2,1H3,(H,19,20). The average Bonchev–Trinajstić information content (AvgIpc) is 2.50. The fourth-order valence-corrected chi connectivity index (χ4v) is 1.96. The highest BCUT2D eigenvalue weighted by atomic mass is 79.9. The van der Waals surface area contributed by atoms with Crippen molar-refractivity contribution in [3.63, 3.8) is 0 Å². The van der Waals surface area contributed by atoms with Crippen LogP contribution in [0.2, 0.25) is 0 Å². The van der Waals surface area contributed by atoms with E-state index < -0.39 is 0 Å². The molecule has 0 saturated heterocycles. The van der Waals surface area contributed by atoms with Crippen molar-refractivity contribution in [2.75, 3.05) is 7.11 Å². The fourth-order valence-electron chi connectivity index (χ4n) is 1.70.